The van der Waals surface area contributed by atoms with Crippen LogP contribution in [-0.4, -0.2) is 18.0 Å². The molecule has 0 bridgehead atoms. The van der Waals surface area contributed by atoms with Crippen LogP contribution in [0.5, 0.6) is 0 Å². The first-order valence-corrected chi connectivity index (χ1v) is 4.80. The van der Waals surface area contributed by atoms with Gasteiger partial charge in [-0.3, -0.25) is 4.90 Å². The van der Waals surface area contributed by atoms with E-state index in [1.165, 1.54) is 24.1 Å². The highest BCUT2D eigenvalue weighted by atomic mass is 15.1. The fraction of sp³-hybridized carbons (Fsp3) is 0.333. The van der Waals surface area contributed by atoms with Crippen molar-refractivity contribution in [3.8, 4) is 0 Å². The van der Waals surface area contributed by atoms with E-state index >= 15 is 0 Å². The normalized spacial score (nSPS) is 16.6. The van der Waals surface area contributed by atoms with E-state index in [2.05, 4.69) is 35.7 Å². The zero-order valence-corrected chi connectivity index (χ0v) is 7.87. The maximum atomic E-state index is 3.77. The minimum atomic E-state index is 1.01. The lowest BCUT2D eigenvalue weighted by atomic mass is 10.0. The zero-order chi connectivity index (χ0) is 9.10. The predicted octanol–water partition coefficient (Wildman–Crippen LogP) is 2.23. The second kappa shape index (κ2) is 3.75. The van der Waals surface area contributed by atoms with Crippen LogP contribution in [0.25, 0.3) is 0 Å². The number of nitrogens with zero attached hydrogens (tertiary/aromatic N) is 1. The molecule has 0 saturated heterocycles. The quantitative estimate of drug-likeness (QED) is 0.620. The van der Waals surface area contributed by atoms with Crippen LogP contribution < -0.4 is 0 Å². The molecule has 0 fully saturated rings. The minimum absolute atomic E-state index is 1.01. The predicted molar refractivity (Wildman–Crippen MR) is 55.6 cm³/mol. The Labute approximate surface area is 79.7 Å². The topological polar surface area (TPSA) is 3.24 Å². The van der Waals surface area contributed by atoms with Gasteiger partial charge in [-0.25, -0.2) is 0 Å². The van der Waals surface area contributed by atoms with Gasteiger partial charge in [-0.15, -0.1) is 6.58 Å². The van der Waals surface area contributed by atoms with Crippen LogP contribution in [0.1, 0.15) is 11.1 Å². The summed E-state index contributed by atoms with van der Waals surface area (Å²) in [6.45, 7) is 7.03. The molecule has 1 aromatic rings. The summed E-state index contributed by atoms with van der Waals surface area (Å²) in [6.07, 6.45) is 3.16. The number of benzene rings is 1. The van der Waals surface area contributed by atoms with E-state index in [0.717, 1.165) is 13.1 Å². The fourth-order valence-corrected chi connectivity index (χ4v) is 1.89. The highest BCUT2D eigenvalue weighted by molar-refractivity contribution is 5.29. The van der Waals surface area contributed by atoms with Gasteiger partial charge in [0.2, 0.25) is 0 Å². The smallest absolute Gasteiger partial charge is 0.0239 e. The molecule has 1 heteroatoms. The summed E-state index contributed by atoms with van der Waals surface area (Å²) < 4.78 is 0. The fourth-order valence-electron chi connectivity index (χ4n) is 1.89. The van der Waals surface area contributed by atoms with E-state index in [0.29, 0.717) is 0 Å². The molecular weight excluding hydrogens is 158 g/mol. The van der Waals surface area contributed by atoms with Gasteiger partial charge in [0.15, 0.2) is 0 Å². The molecule has 1 nitrogen and oxygen atoms in total. The average Bonchev–Trinajstić information content (AvgIpc) is 2.18. The highest BCUT2D eigenvalue weighted by Crippen LogP contribution is 2.17. The van der Waals surface area contributed by atoms with Crippen molar-refractivity contribution in [2.45, 2.75) is 13.0 Å². The molecule has 0 N–H and O–H groups in total. The molecular formula is C12H15N. The van der Waals surface area contributed by atoms with E-state index < -0.39 is 0 Å². The summed E-state index contributed by atoms with van der Waals surface area (Å²) in [6, 6.07) is 8.71. The van der Waals surface area contributed by atoms with E-state index in [9.17, 15) is 0 Å². The van der Waals surface area contributed by atoms with Gasteiger partial charge < -0.3 is 0 Å². The Morgan fingerprint density at radius 1 is 1.31 bits per heavy atom. The third-order valence-corrected chi connectivity index (χ3v) is 2.60. The SMILES string of the molecule is C=CCN1CCc2ccccc2C1. The standard InChI is InChI=1S/C12H15N/c1-2-8-13-9-7-11-5-3-4-6-12(11)10-13/h2-6H,1,7-10H2. The molecule has 0 aromatic heterocycles. The highest BCUT2D eigenvalue weighted by Gasteiger charge is 2.13. The van der Waals surface area contributed by atoms with Crippen LogP contribution in [0.3, 0.4) is 0 Å². The number of hydrogen-bond donors (Lipinski definition) is 0. The maximum Gasteiger partial charge on any atom is 0.0239 e. The van der Waals surface area contributed by atoms with Crippen molar-refractivity contribution in [3.63, 3.8) is 0 Å². The molecule has 0 atom stereocenters. The lowest BCUT2D eigenvalue weighted by Gasteiger charge is -2.27. The van der Waals surface area contributed by atoms with E-state index in [1.54, 1.807) is 0 Å². The van der Waals surface area contributed by atoms with Crippen molar-refractivity contribution in [2.24, 2.45) is 0 Å². The van der Waals surface area contributed by atoms with Crippen LogP contribution in [0.15, 0.2) is 36.9 Å². The molecule has 1 heterocycles. The molecule has 2 rings (SSSR count). The Kier molecular flexibility index (Phi) is 2.46. The van der Waals surface area contributed by atoms with Crippen molar-refractivity contribution in [3.05, 3.63) is 48.0 Å². The van der Waals surface area contributed by atoms with Gasteiger partial charge in [-0.05, 0) is 17.5 Å². The summed E-state index contributed by atoms with van der Waals surface area (Å²) in [5.41, 5.74) is 3.00. The second-order valence-electron chi connectivity index (χ2n) is 3.54. The molecule has 0 aliphatic carbocycles. The van der Waals surface area contributed by atoms with Crippen molar-refractivity contribution in [1.29, 1.82) is 0 Å². The van der Waals surface area contributed by atoms with Gasteiger partial charge in [-0.2, -0.15) is 0 Å². The molecule has 0 amide bonds. The molecule has 0 saturated carbocycles. The summed E-state index contributed by atoms with van der Waals surface area (Å²) >= 11 is 0. The van der Waals surface area contributed by atoms with Crippen molar-refractivity contribution >= 4 is 0 Å². The summed E-state index contributed by atoms with van der Waals surface area (Å²) in [5.74, 6) is 0. The van der Waals surface area contributed by atoms with E-state index in [4.69, 9.17) is 0 Å². The average molecular weight is 173 g/mol. The van der Waals surface area contributed by atoms with Crippen molar-refractivity contribution in [1.82, 2.24) is 4.90 Å². The number of hydrogen-bond acceptors (Lipinski definition) is 1. The lowest BCUT2D eigenvalue weighted by molar-refractivity contribution is 0.282. The van der Waals surface area contributed by atoms with E-state index in [1.807, 2.05) is 6.08 Å². The molecule has 1 aromatic carbocycles. The Morgan fingerprint density at radius 2 is 2.08 bits per heavy atom. The molecule has 68 valence electrons. The first-order chi connectivity index (χ1) is 6.40. The molecule has 0 spiro atoms. The Balaban J connectivity index is 2.15. The number of rotatable bonds is 2. The van der Waals surface area contributed by atoms with Crippen molar-refractivity contribution in [2.75, 3.05) is 13.1 Å². The van der Waals surface area contributed by atoms with Crippen LogP contribution in [-0.2, 0) is 13.0 Å². The van der Waals surface area contributed by atoms with E-state index in [-0.39, 0.29) is 0 Å². The summed E-state index contributed by atoms with van der Waals surface area (Å²) in [4.78, 5) is 2.43. The largest absolute Gasteiger partial charge is 0.295 e. The zero-order valence-electron chi connectivity index (χ0n) is 7.87. The third-order valence-electron chi connectivity index (χ3n) is 2.60. The minimum Gasteiger partial charge on any atom is -0.295 e. The lowest BCUT2D eigenvalue weighted by Crippen LogP contribution is -2.30. The summed E-state index contributed by atoms with van der Waals surface area (Å²) in [5, 5.41) is 0. The number of fused-ring (bicyclic) bond motifs is 1. The first kappa shape index (κ1) is 8.52. The monoisotopic (exact) mass is 173 g/mol. The van der Waals surface area contributed by atoms with Crippen LogP contribution in [0, 0.1) is 0 Å². The first-order valence-electron chi connectivity index (χ1n) is 4.80. The second-order valence-corrected chi connectivity index (χ2v) is 3.54. The Morgan fingerprint density at radius 3 is 2.85 bits per heavy atom. The summed E-state index contributed by atoms with van der Waals surface area (Å²) in [7, 11) is 0. The Bertz CT molecular complexity index is 304. The van der Waals surface area contributed by atoms with Crippen LogP contribution >= 0.6 is 0 Å². The van der Waals surface area contributed by atoms with Gasteiger partial charge in [0.25, 0.3) is 0 Å². The molecule has 0 radical (unpaired) electrons. The van der Waals surface area contributed by atoms with Crippen molar-refractivity contribution < 1.29 is 0 Å². The van der Waals surface area contributed by atoms with Gasteiger partial charge >= 0.3 is 0 Å². The molecule has 1 aliphatic heterocycles. The van der Waals surface area contributed by atoms with Crippen LogP contribution in [0.2, 0.25) is 0 Å². The van der Waals surface area contributed by atoms with Crippen LogP contribution in [0.4, 0.5) is 0 Å². The molecule has 0 unspecified atom stereocenters. The van der Waals surface area contributed by atoms with Gasteiger partial charge in [0.1, 0.15) is 0 Å². The third kappa shape index (κ3) is 1.81. The molecule has 1 aliphatic rings. The maximum absolute atomic E-state index is 3.77. The van der Waals surface area contributed by atoms with Gasteiger partial charge in [0.05, 0.1) is 0 Å². The molecule has 13 heavy (non-hydrogen) atoms. The van der Waals surface area contributed by atoms with Gasteiger partial charge in [0, 0.05) is 19.6 Å². The van der Waals surface area contributed by atoms with Gasteiger partial charge in [-0.1, -0.05) is 30.3 Å². The Hall–Kier alpha value is -1.08.